The van der Waals surface area contributed by atoms with Gasteiger partial charge in [-0.25, -0.2) is 13.1 Å². The van der Waals surface area contributed by atoms with Crippen LogP contribution in [0.25, 0.3) is 0 Å². The quantitative estimate of drug-likeness (QED) is 0.749. The van der Waals surface area contributed by atoms with E-state index in [-0.39, 0.29) is 16.7 Å². The molecule has 1 amide bonds. The lowest BCUT2D eigenvalue weighted by Gasteiger charge is -2.09. The molecule has 0 spiro atoms. The van der Waals surface area contributed by atoms with E-state index in [1.807, 2.05) is 13.8 Å². The van der Waals surface area contributed by atoms with Crippen LogP contribution in [0.3, 0.4) is 0 Å². The molecule has 6 heteroatoms. The van der Waals surface area contributed by atoms with Crippen LogP contribution in [0.4, 0.5) is 0 Å². The van der Waals surface area contributed by atoms with Gasteiger partial charge >= 0.3 is 0 Å². The topological polar surface area (TPSA) is 75.3 Å². The van der Waals surface area contributed by atoms with Gasteiger partial charge in [0.25, 0.3) is 5.91 Å². The molecule has 110 valence electrons. The van der Waals surface area contributed by atoms with Crippen molar-refractivity contribution in [1.82, 2.24) is 10.0 Å². The second-order valence-electron chi connectivity index (χ2n) is 4.77. The predicted octanol–water partition coefficient (Wildman–Crippen LogP) is 1.54. The van der Waals surface area contributed by atoms with Crippen molar-refractivity contribution in [3.63, 3.8) is 0 Å². The third-order valence-corrected chi connectivity index (χ3v) is 3.95. The fraction of sp³-hybridized carbons (Fsp3) is 0.357. The number of rotatable bonds is 7. The molecular formula is C14H20N2O3S. The number of hydrogen-bond acceptors (Lipinski definition) is 3. The van der Waals surface area contributed by atoms with Crippen LogP contribution in [0.1, 0.15) is 24.2 Å². The van der Waals surface area contributed by atoms with Crippen LogP contribution >= 0.6 is 0 Å². The Kier molecular flexibility index (Phi) is 5.91. The molecule has 0 heterocycles. The molecule has 0 aliphatic heterocycles. The summed E-state index contributed by atoms with van der Waals surface area (Å²) in [6.45, 7) is 8.11. The highest BCUT2D eigenvalue weighted by atomic mass is 32.2. The van der Waals surface area contributed by atoms with E-state index in [0.717, 1.165) is 0 Å². The van der Waals surface area contributed by atoms with Crippen LogP contribution in [0.5, 0.6) is 0 Å². The average molecular weight is 296 g/mol. The van der Waals surface area contributed by atoms with E-state index < -0.39 is 10.0 Å². The summed E-state index contributed by atoms with van der Waals surface area (Å²) in [4.78, 5) is 11.8. The van der Waals surface area contributed by atoms with E-state index >= 15 is 0 Å². The van der Waals surface area contributed by atoms with Crippen molar-refractivity contribution < 1.29 is 13.2 Å². The van der Waals surface area contributed by atoms with E-state index in [4.69, 9.17) is 0 Å². The second kappa shape index (κ2) is 7.21. The Morgan fingerprint density at radius 2 is 1.90 bits per heavy atom. The highest BCUT2D eigenvalue weighted by Gasteiger charge is 2.14. The van der Waals surface area contributed by atoms with Gasteiger partial charge in [0.2, 0.25) is 10.0 Å². The number of amides is 1. The smallest absolute Gasteiger partial charge is 0.251 e. The first kappa shape index (κ1) is 16.4. The van der Waals surface area contributed by atoms with E-state index in [1.165, 1.54) is 24.3 Å². The molecule has 0 aliphatic rings. The van der Waals surface area contributed by atoms with Gasteiger partial charge in [0.05, 0.1) is 4.90 Å². The maximum atomic E-state index is 12.0. The number of nitrogens with one attached hydrogen (secondary N) is 2. The van der Waals surface area contributed by atoms with Gasteiger partial charge < -0.3 is 5.32 Å². The molecule has 0 radical (unpaired) electrons. The highest BCUT2D eigenvalue weighted by molar-refractivity contribution is 7.89. The van der Waals surface area contributed by atoms with Gasteiger partial charge in [-0.05, 0) is 30.2 Å². The Labute approximate surface area is 120 Å². The van der Waals surface area contributed by atoms with Crippen LogP contribution in [0.2, 0.25) is 0 Å². The summed E-state index contributed by atoms with van der Waals surface area (Å²) in [6.07, 6.45) is 1.58. The summed E-state index contributed by atoms with van der Waals surface area (Å²) in [5, 5.41) is 2.62. The van der Waals surface area contributed by atoms with Gasteiger partial charge in [-0.2, -0.15) is 0 Å². The lowest BCUT2D eigenvalue weighted by Crippen LogP contribution is -2.27. The number of carbonyl (C=O) groups is 1. The van der Waals surface area contributed by atoms with Gasteiger partial charge in [-0.1, -0.05) is 19.9 Å². The van der Waals surface area contributed by atoms with Gasteiger partial charge in [0.15, 0.2) is 0 Å². The highest BCUT2D eigenvalue weighted by Crippen LogP contribution is 2.11. The Hall–Kier alpha value is -1.66. The molecule has 0 aromatic heterocycles. The Balaban J connectivity index is 2.80. The molecular weight excluding hydrogens is 276 g/mol. The van der Waals surface area contributed by atoms with Crippen molar-refractivity contribution in [3.8, 4) is 0 Å². The molecule has 0 atom stereocenters. The van der Waals surface area contributed by atoms with Gasteiger partial charge in [-0.3, -0.25) is 4.79 Å². The summed E-state index contributed by atoms with van der Waals surface area (Å²) in [6, 6.07) is 5.82. The molecule has 5 nitrogen and oxygen atoms in total. The lowest BCUT2D eigenvalue weighted by atomic mass is 10.2. The first-order chi connectivity index (χ1) is 9.36. The zero-order valence-corrected chi connectivity index (χ0v) is 12.5. The molecule has 20 heavy (non-hydrogen) atoms. The van der Waals surface area contributed by atoms with Crippen LogP contribution in [-0.2, 0) is 10.0 Å². The van der Waals surface area contributed by atoms with E-state index in [0.29, 0.717) is 18.7 Å². The molecule has 0 saturated carbocycles. The van der Waals surface area contributed by atoms with Crippen molar-refractivity contribution in [1.29, 1.82) is 0 Å². The fourth-order valence-electron chi connectivity index (χ4n) is 1.41. The lowest BCUT2D eigenvalue weighted by molar-refractivity contribution is 0.0958. The minimum absolute atomic E-state index is 0.151. The first-order valence-electron chi connectivity index (χ1n) is 6.35. The van der Waals surface area contributed by atoms with Crippen LogP contribution in [-0.4, -0.2) is 27.4 Å². The SMILES string of the molecule is C=CCNC(=O)c1ccc(S(=O)(=O)NCC(C)C)cc1. The maximum absolute atomic E-state index is 12.0. The monoisotopic (exact) mass is 296 g/mol. The van der Waals surface area contributed by atoms with Crippen LogP contribution in [0, 0.1) is 5.92 Å². The van der Waals surface area contributed by atoms with E-state index in [2.05, 4.69) is 16.6 Å². The zero-order valence-electron chi connectivity index (χ0n) is 11.7. The van der Waals surface area contributed by atoms with Crippen molar-refractivity contribution >= 4 is 15.9 Å². The van der Waals surface area contributed by atoms with Crippen molar-refractivity contribution in [3.05, 3.63) is 42.5 Å². The number of hydrogen-bond donors (Lipinski definition) is 2. The Bertz CT molecular complexity index is 563. The van der Waals surface area contributed by atoms with Gasteiger partial charge in [0.1, 0.15) is 0 Å². The summed E-state index contributed by atoms with van der Waals surface area (Å²) in [5.74, 6) is -0.0299. The summed E-state index contributed by atoms with van der Waals surface area (Å²) in [7, 11) is -3.51. The summed E-state index contributed by atoms with van der Waals surface area (Å²) >= 11 is 0. The summed E-state index contributed by atoms with van der Waals surface area (Å²) in [5.41, 5.74) is 0.412. The minimum atomic E-state index is -3.51. The number of sulfonamides is 1. The average Bonchev–Trinajstić information content (AvgIpc) is 2.43. The molecule has 1 rings (SSSR count). The second-order valence-corrected chi connectivity index (χ2v) is 6.54. The summed E-state index contributed by atoms with van der Waals surface area (Å²) < 4.78 is 26.4. The van der Waals surface area contributed by atoms with Crippen molar-refractivity contribution in [2.24, 2.45) is 5.92 Å². The van der Waals surface area contributed by atoms with Crippen molar-refractivity contribution in [2.75, 3.05) is 13.1 Å². The standard InChI is InChI=1S/C14H20N2O3S/c1-4-9-15-14(17)12-5-7-13(8-6-12)20(18,19)16-10-11(2)3/h4-8,11,16H,1,9-10H2,2-3H3,(H,15,17). The third kappa shape index (κ3) is 4.79. The molecule has 0 unspecified atom stereocenters. The first-order valence-corrected chi connectivity index (χ1v) is 7.84. The minimum Gasteiger partial charge on any atom is -0.349 e. The maximum Gasteiger partial charge on any atom is 0.251 e. The zero-order chi connectivity index (χ0) is 15.2. The van der Waals surface area contributed by atoms with E-state index in [9.17, 15) is 13.2 Å². The molecule has 0 aliphatic carbocycles. The largest absolute Gasteiger partial charge is 0.349 e. The molecule has 0 bridgehead atoms. The number of carbonyl (C=O) groups excluding carboxylic acids is 1. The van der Waals surface area contributed by atoms with Crippen LogP contribution in [0.15, 0.2) is 41.8 Å². The molecule has 1 aromatic carbocycles. The Morgan fingerprint density at radius 1 is 1.30 bits per heavy atom. The van der Waals surface area contributed by atoms with Gasteiger partial charge in [0, 0.05) is 18.7 Å². The molecule has 1 aromatic rings. The third-order valence-electron chi connectivity index (χ3n) is 2.52. The molecule has 2 N–H and O–H groups in total. The predicted molar refractivity (Wildman–Crippen MR) is 79.0 cm³/mol. The van der Waals surface area contributed by atoms with E-state index in [1.54, 1.807) is 6.08 Å². The fourth-order valence-corrected chi connectivity index (χ4v) is 2.63. The molecule has 0 fully saturated rings. The molecule has 0 saturated heterocycles. The normalized spacial score (nSPS) is 11.3. The number of benzene rings is 1. The van der Waals surface area contributed by atoms with Crippen LogP contribution < -0.4 is 10.0 Å². The Morgan fingerprint density at radius 3 is 2.40 bits per heavy atom. The van der Waals surface area contributed by atoms with Crippen molar-refractivity contribution in [2.45, 2.75) is 18.7 Å². The van der Waals surface area contributed by atoms with Gasteiger partial charge in [-0.15, -0.1) is 6.58 Å².